The fourth-order valence-electron chi connectivity index (χ4n) is 2.99. The van der Waals surface area contributed by atoms with Crippen LogP contribution < -0.4 is 14.2 Å². The number of hydrogen-bond acceptors (Lipinski definition) is 7. The molecule has 0 spiro atoms. The maximum atomic E-state index is 11.3. The van der Waals surface area contributed by atoms with Gasteiger partial charge in [-0.3, -0.25) is 4.72 Å². The number of nitrogens with one attached hydrogen (secondary N) is 1. The average molecular weight is 511 g/mol. The predicted molar refractivity (Wildman–Crippen MR) is 129 cm³/mol. The molecule has 0 aliphatic carbocycles. The van der Waals surface area contributed by atoms with Gasteiger partial charge in [-0.05, 0) is 35.4 Å². The van der Waals surface area contributed by atoms with Crippen LogP contribution in [-0.2, 0) is 22.0 Å². The van der Waals surface area contributed by atoms with Gasteiger partial charge in [0.1, 0.15) is 24.0 Å². The van der Waals surface area contributed by atoms with Gasteiger partial charge in [0.15, 0.2) is 0 Å². The molecule has 0 saturated carbocycles. The molecule has 176 valence electrons. The number of ether oxygens (including phenoxy) is 2. The number of anilines is 1. The van der Waals surface area contributed by atoms with Gasteiger partial charge in [-0.1, -0.05) is 37.6 Å². The van der Waals surface area contributed by atoms with Gasteiger partial charge in [0, 0.05) is 17.8 Å². The van der Waals surface area contributed by atoms with Crippen molar-refractivity contribution >= 4 is 39.2 Å². The summed E-state index contributed by atoms with van der Waals surface area (Å²) in [5.41, 5.74) is 2.16. The molecule has 3 aromatic rings. The Morgan fingerprint density at radius 3 is 2.42 bits per heavy atom. The third kappa shape index (κ3) is 6.93. The van der Waals surface area contributed by atoms with E-state index in [1.165, 1.54) is 6.20 Å². The van der Waals surface area contributed by atoms with Crippen LogP contribution in [0, 0.1) is 0 Å². The van der Waals surface area contributed by atoms with Crippen LogP contribution >= 0.6 is 23.2 Å². The predicted octanol–water partition coefficient (Wildman–Crippen LogP) is 4.42. The zero-order chi connectivity index (χ0) is 24.1. The van der Waals surface area contributed by atoms with Crippen molar-refractivity contribution in [2.45, 2.75) is 25.9 Å². The Balaban J connectivity index is 1.68. The number of hydrogen-bond donors (Lipinski definition) is 1. The van der Waals surface area contributed by atoms with E-state index in [0.717, 1.165) is 17.4 Å². The van der Waals surface area contributed by atoms with E-state index in [1.54, 1.807) is 12.3 Å². The summed E-state index contributed by atoms with van der Waals surface area (Å²) in [6.45, 7) is 4.65. The van der Waals surface area contributed by atoms with Gasteiger partial charge in [0.25, 0.3) is 0 Å². The van der Waals surface area contributed by atoms with Crippen LogP contribution in [0.5, 0.6) is 11.6 Å². The smallest absolute Gasteiger partial charge is 0.236 e. The first kappa shape index (κ1) is 25.0. The highest BCUT2D eigenvalue weighted by Gasteiger charge is 2.25. The summed E-state index contributed by atoms with van der Waals surface area (Å²) < 4.78 is 36.2. The fourth-order valence-corrected chi connectivity index (χ4v) is 3.72. The quantitative estimate of drug-likeness (QED) is 0.402. The molecule has 3 rings (SSSR count). The van der Waals surface area contributed by atoms with Gasteiger partial charge in [0.05, 0.1) is 17.8 Å². The lowest BCUT2D eigenvalue weighted by Gasteiger charge is -2.26. The van der Waals surface area contributed by atoms with E-state index in [4.69, 9.17) is 32.7 Å². The Morgan fingerprint density at radius 1 is 1.06 bits per heavy atom. The minimum Gasteiger partial charge on any atom is -0.487 e. The molecule has 2 aromatic heterocycles. The standard InChI is InChI=1S/C22H24Cl2N4O4S/c1-22(2,16-12-19(24)20(26-13-16)31-11-9-23)15-4-6-18(7-5-15)32-14-17-8-10-25-21(27-17)28-33(3,29)30/h4-8,10,12-13H,9,11,14H2,1-3H3,(H,25,27,28). The fraction of sp³-hybridized carbons (Fsp3) is 0.318. The van der Waals surface area contributed by atoms with Crippen LogP contribution in [-0.4, -0.2) is 42.1 Å². The van der Waals surface area contributed by atoms with E-state index >= 15 is 0 Å². The van der Waals surface area contributed by atoms with Gasteiger partial charge in [-0.25, -0.2) is 23.4 Å². The molecule has 0 aliphatic rings. The molecule has 0 unspecified atom stereocenters. The van der Waals surface area contributed by atoms with E-state index in [2.05, 4.69) is 33.5 Å². The number of alkyl halides is 1. The monoisotopic (exact) mass is 510 g/mol. The van der Waals surface area contributed by atoms with Crippen LogP contribution in [0.3, 0.4) is 0 Å². The summed E-state index contributed by atoms with van der Waals surface area (Å²) in [6, 6.07) is 11.2. The van der Waals surface area contributed by atoms with Crippen molar-refractivity contribution in [2.24, 2.45) is 0 Å². The third-order valence-corrected chi connectivity index (χ3v) is 5.78. The first-order valence-electron chi connectivity index (χ1n) is 9.96. The second kappa shape index (κ2) is 10.5. The summed E-state index contributed by atoms with van der Waals surface area (Å²) in [4.78, 5) is 12.4. The van der Waals surface area contributed by atoms with Crippen molar-refractivity contribution < 1.29 is 17.9 Å². The van der Waals surface area contributed by atoms with Crippen molar-refractivity contribution in [2.75, 3.05) is 23.5 Å². The minimum atomic E-state index is -3.45. The van der Waals surface area contributed by atoms with E-state index < -0.39 is 10.0 Å². The Morgan fingerprint density at radius 2 is 1.79 bits per heavy atom. The van der Waals surface area contributed by atoms with Crippen molar-refractivity contribution in [1.29, 1.82) is 0 Å². The summed E-state index contributed by atoms with van der Waals surface area (Å²) in [5, 5.41) is 0.431. The first-order chi connectivity index (χ1) is 15.6. The normalized spacial score (nSPS) is 11.8. The number of halogens is 2. The molecule has 0 fully saturated rings. The lowest BCUT2D eigenvalue weighted by Crippen LogP contribution is -2.19. The van der Waals surface area contributed by atoms with Gasteiger partial charge in [-0.2, -0.15) is 0 Å². The molecule has 1 aromatic carbocycles. The Labute approximate surface area is 203 Å². The largest absolute Gasteiger partial charge is 0.487 e. The molecule has 1 N–H and O–H groups in total. The second-order valence-corrected chi connectivity index (χ2v) is 10.3. The van der Waals surface area contributed by atoms with E-state index in [9.17, 15) is 8.42 Å². The molecule has 2 heterocycles. The zero-order valence-corrected chi connectivity index (χ0v) is 20.7. The van der Waals surface area contributed by atoms with Crippen LogP contribution in [0.15, 0.2) is 48.8 Å². The third-order valence-electron chi connectivity index (χ3n) is 4.80. The van der Waals surface area contributed by atoms with Crippen LogP contribution in [0.2, 0.25) is 5.02 Å². The van der Waals surface area contributed by atoms with E-state index in [1.807, 2.05) is 30.3 Å². The van der Waals surface area contributed by atoms with Crippen LogP contribution in [0.25, 0.3) is 0 Å². The molecular weight excluding hydrogens is 487 g/mol. The van der Waals surface area contributed by atoms with E-state index in [-0.39, 0.29) is 18.0 Å². The first-order valence-corrected chi connectivity index (χ1v) is 12.8. The molecule has 8 nitrogen and oxygen atoms in total. The highest BCUT2D eigenvalue weighted by Crippen LogP contribution is 2.35. The molecular formula is C22H24Cl2N4O4S. The van der Waals surface area contributed by atoms with Crippen LogP contribution in [0.1, 0.15) is 30.7 Å². The van der Waals surface area contributed by atoms with Gasteiger partial charge in [0.2, 0.25) is 21.9 Å². The summed E-state index contributed by atoms with van der Waals surface area (Å²) in [6.07, 6.45) is 4.25. The van der Waals surface area contributed by atoms with Crippen LogP contribution in [0.4, 0.5) is 5.95 Å². The summed E-state index contributed by atoms with van der Waals surface area (Å²) in [7, 11) is -3.45. The molecule has 0 amide bonds. The summed E-state index contributed by atoms with van der Waals surface area (Å²) in [5.74, 6) is 1.37. The van der Waals surface area contributed by atoms with E-state index in [0.29, 0.717) is 34.8 Å². The number of pyridine rings is 1. The Kier molecular flexibility index (Phi) is 7.99. The zero-order valence-electron chi connectivity index (χ0n) is 18.4. The lowest BCUT2D eigenvalue weighted by atomic mass is 9.79. The Bertz CT molecular complexity index is 1210. The number of rotatable bonds is 10. The lowest BCUT2D eigenvalue weighted by molar-refractivity contribution is 0.301. The van der Waals surface area contributed by atoms with Crippen molar-refractivity contribution in [3.8, 4) is 11.6 Å². The maximum Gasteiger partial charge on any atom is 0.236 e. The van der Waals surface area contributed by atoms with Crippen molar-refractivity contribution in [3.63, 3.8) is 0 Å². The number of sulfonamides is 1. The number of aromatic nitrogens is 3. The Hall–Kier alpha value is -2.62. The number of nitrogens with zero attached hydrogens (tertiary/aromatic N) is 3. The number of benzene rings is 1. The molecule has 0 bridgehead atoms. The molecule has 0 saturated heterocycles. The van der Waals surface area contributed by atoms with Crippen molar-refractivity contribution in [3.05, 3.63) is 70.6 Å². The van der Waals surface area contributed by atoms with Gasteiger partial charge in [-0.15, -0.1) is 11.6 Å². The molecule has 33 heavy (non-hydrogen) atoms. The topological polar surface area (TPSA) is 103 Å². The van der Waals surface area contributed by atoms with Gasteiger partial charge < -0.3 is 9.47 Å². The van der Waals surface area contributed by atoms with Gasteiger partial charge >= 0.3 is 0 Å². The average Bonchev–Trinajstić information content (AvgIpc) is 2.76. The molecule has 0 aliphatic heterocycles. The SMILES string of the molecule is CC(C)(c1ccc(OCc2ccnc(NS(C)(=O)=O)n2)cc1)c1cnc(OCCCl)c(Cl)c1. The van der Waals surface area contributed by atoms with Crippen molar-refractivity contribution in [1.82, 2.24) is 15.0 Å². The summed E-state index contributed by atoms with van der Waals surface area (Å²) >= 11 is 12.0. The highest BCUT2D eigenvalue weighted by molar-refractivity contribution is 7.91. The second-order valence-electron chi connectivity index (χ2n) is 7.73. The maximum absolute atomic E-state index is 11.3. The molecule has 11 heteroatoms. The molecule has 0 radical (unpaired) electrons. The molecule has 0 atom stereocenters. The highest BCUT2D eigenvalue weighted by atomic mass is 35.5. The minimum absolute atomic E-state index is 0.00189.